The summed E-state index contributed by atoms with van der Waals surface area (Å²) in [6.45, 7) is 4.31. The van der Waals surface area contributed by atoms with Gasteiger partial charge in [0.1, 0.15) is 0 Å². The van der Waals surface area contributed by atoms with E-state index in [1.54, 1.807) is 0 Å². The van der Waals surface area contributed by atoms with Gasteiger partial charge < -0.3 is 4.90 Å². The second kappa shape index (κ2) is 5.50. The second-order valence-corrected chi connectivity index (χ2v) is 3.80. The van der Waals surface area contributed by atoms with E-state index in [9.17, 15) is 0 Å². The van der Waals surface area contributed by atoms with Crippen LogP contribution in [0.1, 0.15) is 0 Å². The first-order chi connectivity index (χ1) is 7.90. The van der Waals surface area contributed by atoms with Crippen LogP contribution in [0.4, 0.5) is 5.69 Å². The monoisotopic (exact) mass is 216 g/mol. The van der Waals surface area contributed by atoms with Crippen LogP contribution in [0.25, 0.3) is 0 Å². The van der Waals surface area contributed by atoms with Gasteiger partial charge in [-0.1, -0.05) is 18.2 Å². The average Bonchev–Trinajstić information content (AvgIpc) is 2.38. The summed E-state index contributed by atoms with van der Waals surface area (Å²) >= 11 is 0. The molecular weight excluding hydrogens is 200 g/mol. The summed E-state index contributed by atoms with van der Waals surface area (Å²) in [5.74, 6) is 0. The minimum Gasteiger partial charge on any atom is -0.369 e. The molecule has 1 aliphatic heterocycles. The van der Waals surface area contributed by atoms with Crippen LogP contribution >= 0.6 is 0 Å². The maximum Gasteiger partial charge on any atom is 0.0974 e. The summed E-state index contributed by atoms with van der Waals surface area (Å²) in [5.41, 5.74) is 4.37. The lowest BCUT2D eigenvalue weighted by Crippen LogP contribution is -2.52. The molecule has 0 aromatic heterocycles. The Bertz CT molecular complexity index is 349. The van der Waals surface area contributed by atoms with Crippen LogP contribution in [0.15, 0.2) is 30.3 Å². The van der Waals surface area contributed by atoms with Crippen LogP contribution in [0.2, 0.25) is 0 Å². The number of para-hydroxylation sites is 1. The maximum atomic E-state index is 8.48. The number of benzene rings is 1. The fourth-order valence-corrected chi connectivity index (χ4v) is 1.91. The third kappa shape index (κ3) is 2.72. The van der Waals surface area contributed by atoms with Crippen molar-refractivity contribution in [3.8, 4) is 6.07 Å². The first kappa shape index (κ1) is 10.9. The molecule has 84 valence electrons. The van der Waals surface area contributed by atoms with Gasteiger partial charge in [0, 0.05) is 31.9 Å². The minimum absolute atomic E-state index is 0.394. The van der Waals surface area contributed by atoms with Gasteiger partial charge in [0.2, 0.25) is 0 Å². The lowest BCUT2D eigenvalue weighted by molar-refractivity contribution is 0.186. The van der Waals surface area contributed by atoms with Crippen molar-refractivity contribution in [3.05, 3.63) is 30.3 Å². The number of anilines is 1. The topological polar surface area (TPSA) is 42.3 Å². The fraction of sp³-hybridized carbons (Fsp3) is 0.417. The molecule has 1 fully saturated rings. The number of nitrogens with one attached hydrogen (secondary N) is 1. The van der Waals surface area contributed by atoms with Crippen molar-refractivity contribution in [2.45, 2.75) is 0 Å². The van der Waals surface area contributed by atoms with Gasteiger partial charge >= 0.3 is 0 Å². The lowest BCUT2D eigenvalue weighted by atomic mass is 10.2. The van der Waals surface area contributed by atoms with Crippen molar-refractivity contribution in [2.24, 2.45) is 0 Å². The van der Waals surface area contributed by atoms with Gasteiger partial charge in [0.25, 0.3) is 0 Å². The lowest BCUT2D eigenvalue weighted by Gasteiger charge is -2.35. The highest BCUT2D eigenvalue weighted by molar-refractivity contribution is 5.46. The van der Waals surface area contributed by atoms with Gasteiger partial charge in [0.15, 0.2) is 0 Å². The van der Waals surface area contributed by atoms with Crippen LogP contribution in [0, 0.1) is 11.3 Å². The SMILES string of the molecule is N#CCNN1CCN(c2ccccc2)CC1. The Hall–Kier alpha value is -1.57. The molecule has 0 aliphatic carbocycles. The van der Waals surface area contributed by atoms with Crippen molar-refractivity contribution in [1.29, 1.82) is 5.26 Å². The quantitative estimate of drug-likeness (QED) is 0.760. The Morgan fingerprint density at radius 3 is 2.44 bits per heavy atom. The van der Waals surface area contributed by atoms with Crippen LogP contribution in [-0.2, 0) is 0 Å². The highest BCUT2D eigenvalue weighted by Crippen LogP contribution is 2.14. The molecule has 1 saturated heterocycles. The summed E-state index contributed by atoms with van der Waals surface area (Å²) in [6.07, 6.45) is 0. The summed E-state index contributed by atoms with van der Waals surface area (Å²) in [5, 5.41) is 10.6. The summed E-state index contributed by atoms with van der Waals surface area (Å²) in [4.78, 5) is 2.37. The third-order valence-corrected chi connectivity index (χ3v) is 2.78. The van der Waals surface area contributed by atoms with E-state index in [2.05, 4.69) is 45.7 Å². The smallest absolute Gasteiger partial charge is 0.0974 e. The number of hydrogen-bond acceptors (Lipinski definition) is 4. The molecule has 4 nitrogen and oxygen atoms in total. The van der Waals surface area contributed by atoms with Gasteiger partial charge in [-0.25, -0.2) is 10.4 Å². The first-order valence-corrected chi connectivity index (χ1v) is 5.55. The number of piperazine rings is 1. The highest BCUT2D eigenvalue weighted by atomic mass is 15.5. The summed E-state index contributed by atoms with van der Waals surface area (Å²) in [6, 6.07) is 12.5. The molecule has 0 atom stereocenters. The molecule has 16 heavy (non-hydrogen) atoms. The van der Waals surface area contributed by atoms with Crippen LogP contribution in [0.5, 0.6) is 0 Å². The molecule has 0 bridgehead atoms. The van der Waals surface area contributed by atoms with Gasteiger partial charge in [-0.2, -0.15) is 5.26 Å². The maximum absolute atomic E-state index is 8.48. The Kier molecular flexibility index (Phi) is 3.76. The predicted molar refractivity (Wildman–Crippen MR) is 63.8 cm³/mol. The minimum atomic E-state index is 0.394. The zero-order valence-corrected chi connectivity index (χ0v) is 9.26. The number of hydrogen-bond donors (Lipinski definition) is 1. The average molecular weight is 216 g/mol. The molecule has 1 heterocycles. The van der Waals surface area contributed by atoms with Crippen LogP contribution < -0.4 is 10.3 Å². The molecule has 4 heteroatoms. The molecule has 1 N–H and O–H groups in total. The molecule has 1 aliphatic rings. The molecule has 0 radical (unpaired) electrons. The van der Waals surface area contributed by atoms with E-state index in [-0.39, 0.29) is 0 Å². The van der Waals surface area contributed by atoms with Gasteiger partial charge in [-0.3, -0.25) is 0 Å². The standard InChI is InChI=1S/C12H16N4/c13-6-7-14-16-10-8-15(9-11-16)12-4-2-1-3-5-12/h1-5,14H,7-11H2. The summed E-state index contributed by atoms with van der Waals surface area (Å²) < 4.78 is 0. The first-order valence-electron chi connectivity index (χ1n) is 5.55. The molecule has 1 aromatic carbocycles. The van der Waals surface area contributed by atoms with E-state index in [1.807, 2.05) is 6.07 Å². The Labute approximate surface area is 96.0 Å². The number of nitriles is 1. The Morgan fingerprint density at radius 2 is 1.81 bits per heavy atom. The Morgan fingerprint density at radius 1 is 1.12 bits per heavy atom. The van der Waals surface area contributed by atoms with Gasteiger partial charge in [-0.05, 0) is 12.1 Å². The van der Waals surface area contributed by atoms with Crippen molar-refractivity contribution < 1.29 is 0 Å². The van der Waals surface area contributed by atoms with E-state index in [0.29, 0.717) is 6.54 Å². The molecule has 2 rings (SSSR count). The Balaban J connectivity index is 1.84. The summed E-state index contributed by atoms with van der Waals surface area (Å²) in [7, 11) is 0. The van der Waals surface area contributed by atoms with Gasteiger partial charge in [0.05, 0.1) is 12.6 Å². The van der Waals surface area contributed by atoms with E-state index >= 15 is 0 Å². The van der Waals surface area contributed by atoms with Crippen LogP contribution in [-0.4, -0.2) is 37.7 Å². The van der Waals surface area contributed by atoms with E-state index in [0.717, 1.165) is 26.2 Å². The normalized spacial score (nSPS) is 17.1. The van der Waals surface area contributed by atoms with Crippen molar-refractivity contribution >= 4 is 5.69 Å². The molecule has 0 saturated carbocycles. The molecule has 0 amide bonds. The predicted octanol–water partition coefficient (Wildman–Crippen LogP) is 0.837. The highest BCUT2D eigenvalue weighted by Gasteiger charge is 2.15. The largest absolute Gasteiger partial charge is 0.369 e. The number of rotatable bonds is 3. The fourth-order valence-electron chi connectivity index (χ4n) is 1.91. The van der Waals surface area contributed by atoms with Crippen molar-refractivity contribution in [1.82, 2.24) is 10.4 Å². The van der Waals surface area contributed by atoms with Crippen LogP contribution in [0.3, 0.4) is 0 Å². The number of hydrazine groups is 1. The zero-order chi connectivity index (χ0) is 11.2. The van der Waals surface area contributed by atoms with Crippen molar-refractivity contribution in [3.63, 3.8) is 0 Å². The van der Waals surface area contributed by atoms with E-state index in [4.69, 9.17) is 5.26 Å². The molecule has 0 spiro atoms. The number of nitrogens with zero attached hydrogens (tertiary/aromatic N) is 3. The molecule has 1 aromatic rings. The third-order valence-electron chi connectivity index (χ3n) is 2.78. The van der Waals surface area contributed by atoms with E-state index < -0.39 is 0 Å². The zero-order valence-electron chi connectivity index (χ0n) is 9.26. The molecular formula is C12H16N4. The van der Waals surface area contributed by atoms with Gasteiger partial charge in [-0.15, -0.1) is 0 Å². The van der Waals surface area contributed by atoms with E-state index in [1.165, 1.54) is 5.69 Å². The van der Waals surface area contributed by atoms with Crippen molar-refractivity contribution in [2.75, 3.05) is 37.6 Å². The molecule has 0 unspecified atom stereocenters. The second-order valence-electron chi connectivity index (χ2n) is 3.80.